The molecule has 2 rings (SSSR count). The Hall–Kier alpha value is -1.61. The maximum absolute atomic E-state index is 4.71. The Bertz CT molecular complexity index is 513. The van der Waals surface area contributed by atoms with Gasteiger partial charge in [0.15, 0.2) is 0 Å². The van der Waals surface area contributed by atoms with Gasteiger partial charge in [-0.25, -0.2) is 0 Å². The minimum absolute atomic E-state index is 0.843. The van der Waals surface area contributed by atoms with Gasteiger partial charge in [0.2, 0.25) is 0 Å². The van der Waals surface area contributed by atoms with E-state index in [1.54, 1.807) is 0 Å². The smallest absolute Gasteiger partial charge is 0.0841 e. The van der Waals surface area contributed by atoms with Crippen LogP contribution in [0, 0.1) is 0 Å². The van der Waals surface area contributed by atoms with Crippen molar-refractivity contribution in [3.63, 3.8) is 0 Å². The van der Waals surface area contributed by atoms with Crippen LogP contribution < -0.4 is 5.32 Å². The van der Waals surface area contributed by atoms with Crippen LogP contribution in [0.15, 0.2) is 36.9 Å². The fourth-order valence-electron chi connectivity index (χ4n) is 2.09. The van der Waals surface area contributed by atoms with Gasteiger partial charge in [-0.3, -0.25) is 4.68 Å². The number of nitrogens with one attached hydrogen (secondary N) is 1. The van der Waals surface area contributed by atoms with Crippen LogP contribution in [-0.4, -0.2) is 16.3 Å². The lowest BCUT2D eigenvalue weighted by Crippen LogP contribution is -2.14. The summed E-state index contributed by atoms with van der Waals surface area (Å²) in [5.41, 5.74) is 2.36. The number of fused-ring (bicyclic) bond motifs is 1. The van der Waals surface area contributed by atoms with Gasteiger partial charge >= 0.3 is 0 Å². The van der Waals surface area contributed by atoms with E-state index in [0.29, 0.717) is 0 Å². The molecule has 0 aliphatic carbocycles. The molecule has 1 N–H and O–H groups in total. The number of nitrogens with zero attached hydrogens (tertiary/aromatic N) is 2. The average molecular weight is 243 g/mol. The van der Waals surface area contributed by atoms with Crippen LogP contribution >= 0.6 is 0 Å². The Morgan fingerprint density at radius 1 is 1.39 bits per heavy atom. The standard InChI is InChI=1S/C15H21N3/c1-3-5-11-18-15-9-7-6-8-13(15)14(17-18)12-16-10-4-2/h3,6-9,16H,1,4-5,10-12H2,2H3. The molecule has 0 saturated carbocycles. The van der Waals surface area contributed by atoms with Crippen molar-refractivity contribution in [2.24, 2.45) is 0 Å². The zero-order valence-corrected chi connectivity index (χ0v) is 11.0. The minimum atomic E-state index is 0.843. The topological polar surface area (TPSA) is 29.9 Å². The molecule has 0 saturated heterocycles. The Balaban J connectivity index is 2.25. The molecule has 0 spiro atoms. The zero-order valence-electron chi connectivity index (χ0n) is 11.0. The molecule has 96 valence electrons. The van der Waals surface area contributed by atoms with E-state index in [9.17, 15) is 0 Å². The highest BCUT2D eigenvalue weighted by atomic mass is 15.3. The summed E-state index contributed by atoms with van der Waals surface area (Å²) in [5.74, 6) is 0. The molecule has 2 aromatic rings. The van der Waals surface area contributed by atoms with Gasteiger partial charge in [0.25, 0.3) is 0 Å². The molecule has 0 unspecified atom stereocenters. The predicted molar refractivity (Wildman–Crippen MR) is 76.5 cm³/mol. The van der Waals surface area contributed by atoms with Crippen LogP contribution in [0.2, 0.25) is 0 Å². The number of para-hydroxylation sites is 1. The van der Waals surface area contributed by atoms with Crippen LogP contribution in [0.1, 0.15) is 25.5 Å². The second-order valence-corrected chi connectivity index (χ2v) is 4.44. The quantitative estimate of drug-likeness (QED) is 0.598. The summed E-state index contributed by atoms with van der Waals surface area (Å²) in [7, 11) is 0. The molecule has 0 atom stereocenters. The summed E-state index contributed by atoms with van der Waals surface area (Å²) < 4.78 is 2.08. The van der Waals surface area contributed by atoms with Crippen LogP contribution in [0.4, 0.5) is 0 Å². The van der Waals surface area contributed by atoms with Gasteiger partial charge in [-0.2, -0.15) is 5.10 Å². The van der Waals surface area contributed by atoms with E-state index in [1.165, 1.54) is 10.9 Å². The van der Waals surface area contributed by atoms with Gasteiger partial charge in [0, 0.05) is 18.5 Å². The van der Waals surface area contributed by atoms with Gasteiger partial charge in [0.1, 0.15) is 0 Å². The van der Waals surface area contributed by atoms with E-state index in [0.717, 1.165) is 38.2 Å². The summed E-state index contributed by atoms with van der Waals surface area (Å²) in [6, 6.07) is 8.42. The first-order valence-electron chi connectivity index (χ1n) is 6.63. The summed E-state index contributed by atoms with van der Waals surface area (Å²) in [4.78, 5) is 0. The van der Waals surface area contributed by atoms with E-state index in [1.807, 2.05) is 6.08 Å². The number of hydrogen-bond donors (Lipinski definition) is 1. The summed E-state index contributed by atoms with van der Waals surface area (Å²) >= 11 is 0. The van der Waals surface area contributed by atoms with Gasteiger partial charge < -0.3 is 5.32 Å². The molecule has 1 aromatic carbocycles. The third-order valence-electron chi connectivity index (χ3n) is 3.00. The van der Waals surface area contributed by atoms with Crippen LogP contribution in [0.3, 0.4) is 0 Å². The second kappa shape index (κ2) is 6.36. The molecule has 1 aromatic heterocycles. The Morgan fingerprint density at radius 3 is 3.00 bits per heavy atom. The molecule has 0 amide bonds. The van der Waals surface area contributed by atoms with Crippen molar-refractivity contribution in [2.45, 2.75) is 32.9 Å². The van der Waals surface area contributed by atoms with Crippen LogP contribution in [-0.2, 0) is 13.1 Å². The van der Waals surface area contributed by atoms with Gasteiger partial charge in [-0.05, 0) is 25.5 Å². The lowest BCUT2D eigenvalue weighted by atomic mass is 10.2. The second-order valence-electron chi connectivity index (χ2n) is 4.44. The number of benzene rings is 1. The SMILES string of the molecule is C=CCCn1nc(CNCCC)c2ccccc21. The van der Waals surface area contributed by atoms with Crippen molar-refractivity contribution in [1.82, 2.24) is 15.1 Å². The molecule has 3 nitrogen and oxygen atoms in total. The zero-order chi connectivity index (χ0) is 12.8. The largest absolute Gasteiger partial charge is 0.311 e. The number of aromatic nitrogens is 2. The molecule has 1 heterocycles. The minimum Gasteiger partial charge on any atom is -0.311 e. The van der Waals surface area contributed by atoms with Crippen molar-refractivity contribution in [2.75, 3.05) is 6.54 Å². The fraction of sp³-hybridized carbons (Fsp3) is 0.400. The van der Waals surface area contributed by atoms with E-state index in [-0.39, 0.29) is 0 Å². The number of hydrogen-bond acceptors (Lipinski definition) is 2. The van der Waals surface area contributed by atoms with Crippen molar-refractivity contribution in [3.05, 3.63) is 42.6 Å². The van der Waals surface area contributed by atoms with Crippen molar-refractivity contribution >= 4 is 10.9 Å². The molecule has 3 heteroatoms. The first kappa shape index (κ1) is 12.8. The first-order valence-corrected chi connectivity index (χ1v) is 6.63. The monoisotopic (exact) mass is 243 g/mol. The molecular formula is C15H21N3. The number of aryl methyl sites for hydroxylation is 1. The average Bonchev–Trinajstić information content (AvgIpc) is 2.76. The van der Waals surface area contributed by atoms with E-state index >= 15 is 0 Å². The fourth-order valence-corrected chi connectivity index (χ4v) is 2.09. The molecule has 0 bridgehead atoms. The molecule has 0 radical (unpaired) electrons. The highest BCUT2D eigenvalue weighted by molar-refractivity contribution is 5.81. The third-order valence-corrected chi connectivity index (χ3v) is 3.00. The summed E-state index contributed by atoms with van der Waals surface area (Å²) in [6.45, 7) is 8.72. The maximum Gasteiger partial charge on any atom is 0.0841 e. The Morgan fingerprint density at radius 2 is 2.22 bits per heavy atom. The lowest BCUT2D eigenvalue weighted by Gasteiger charge is -2.00. The number of allylic oxidation sites excluding steroid dienone is 1. The molecule has 0 fully saturated rings. The Labute approximate surface area is 109 Å². The molecule has 18 heavy (non-hydrogen) atoms. The highest BCUT2D eigenvalue weighted by Crippen LogP contribution is 2.18. The Kier molecular flexibility index (Phi) is 4.53. The van der Waals surface area contributed by atoms with Crippen LogP contribution in [0.25, 0.3) is 10.9 Å². The molecule has 0 aliphatic heterocycles. The van der Waals surface area contributed by atoms with Crippen molar-refractivity contribution in [3.8, 4) is 0 Å². The van der Waals surface area contributed by atoms with Gasteiger partial charge in [-0.1, -0.05) is 31.2 Å². The van der Waals surface area contributed by atoms with E-state index < -0.39 is 0 Å². The van der Waals surface area contributed by atoms with E-state index in [4.69, 9.17) is 5.10 Å². The first-order chi connectivity index (χ1) is 8.86. The van der Waals surface area contributed by atoms with Gasteiger partial charge in [0.05, 0.1) is 11.2 Å². The normalized spacial score (nSPS) is 10.9. The lowest BCUT2D eigenvalue weighted by molar-refractivity contribution is 0.609. The van der Waals surface area contributed by atoms with E-state index in [2.05, 4.69) is 47.8 Å². The van der Waals surface area contributed by atoms with Crippen molar-refractivity contribution in [1.29, 1.82) is 0 Å². The third kappa shape index (κ3) is 2.79. The maximum atomic E-state index is 4.71. The summed E-state index contributed by atoms with van der Waals surface area (Å²) in [5, 5.41) is 9.38. The molecule has 0 aliphatic rings. The van der Waals surface area contributed by atoms with Crippen molar-refractivity contribution < 1.29 is 0 Å². The summed E-state index contributed by atoms with van der Waals surface area (Å²) in [6.07, 6.45) is 4.04. The van der Waals surface area contributed by atoms with Gasteiger partial charge in [-0.15, -0.1) is 6.58 Å². The molecular weight excluding hydrogens is 222 g/mol. The predicted octanol–water partition coefficient (Wildman–Crippen LogP) is 3.11. The van der Waals surface area contributed by atoms with Crippen LogP contribution in [0.5, 0.6) is 0 Å². The highest BCUT2D eigenvalue weighted by Gasteiger charge is 2.08. The number of rotatable bonds is 7.